The number of nitrogens with one attached hydrogen (secondary N) is 3. The average molecular weight is 540 g/mol. The molecule has 214 valence electrons. The first-order valence-electron chi connectivity index (χ1n) is 14.7. The van der Waals surface area contributed by atoms with Crippen LogP contribution in [-0.2, 0) is 20.9 Å². The van der Waals surface area contributed by atoms with E-state index in [9.17, 15) is 14.4 Å². The summed E-state index contributed by atoms with van der Waals surface area (Å²) < 4.78 is 4.98. The van der Waals surface area contributed by atoms with Gasteiger partial charge in [0.25, 0.3) is 0 Å². The van der Waals surface area contributed by atoms with E-state index in [0.717, 1.165) is 63.4 Å². The lowest BCUT2D eigenvalue weighted by molar-refractivity contribution is -0.142. The highest BCUT2D eigenvalue weighted by Gasteiger charge is 2.45. The molecule has 3 amide bonds. The summed E-state index contributed by atoms with van der Waals surface area (Å²) >= 11 is 0. The number of amidine groups is 1. The Morgan fingerprint density at radius 2 is 1.54 bits per heavy atom. The first-order chi connectivity index (χ1) is 18.9. The molecule has 2 saturated carbocycles. The van der Waals surface area contributed by atoms with Gasteiger partial charge < -0.3 is 26.0 Å². The van der Waals surface area contributed by atoms with Crippen molar-refractivity contribution < 1.29 is 19.1 Å². The number of likely N-dealkylation sites (tertiary alicyclic amines) is 1. The van der Waals surface area contributed by atoms with Gasteiger partial charge in [-0.05, 0) is 36.2 Å². The second-order valence-electron chi connectivity index (χ2n) is 11.5. The number of alkyl carbamates (subject to hydrolysis) is 1. The topological polar surface area (TPSA) is 138 Å². The average Bonchev–Trinajstić information content (AvgIpc) is 3.47. The molecular weight excluding hydrogens is 494 g/mol. The van der Waals surface area contributed by atoms with E-state index in [1.807, 2.05) is 12.1 Å². The number of nitrogen functional groups attached to an aromatic ring is 1. The highest BCUT2D eigenvalue weighted by molar-refractivity contribution is 5.95. The maximum absolute atomic E-state index is 14.3. The van der Waals surface area contributed by atoms with Crippen LogP contribution in [0.15, 0.2) is 24.3 Å². The number of hydrogen-bond donors (Lipinski definition) is 4. The molecule has 3 aliphatic rings. The Morgan fingerprint density at radius 1 is 0.949 bits per heavy atom. The number of nitrogens with two attached hydrogens (primary N) is 1. The minimum atomic E-state index is -0.684. The molecule has 2 aliphatic carbocycles. The standard InChI is InChI=1S/C30H45N5O4/c1-39-30(38)34-26(25(21-9-4-2-5-10-21)22-11-6-3-7-12-22)29(37)35-18-8-13-24(35)28(36)33-19-20-14-16-23(17-15-20)27(31)32/h14-17,21-22,24-26H,2-13,18-19H2,1H3,(H3,31,32)(H,33,36)(H,34,38)/t24-,26+/m0/s1. The van der Waals surface area contributed by atoms with Gasteiger partial charge >= 0.3 is 6.09 Å². The maximum atomic E-state index is 14.3. The Bertz CT molecular complexity index is 983. The summed E-state index contributed by atoms with van der Waals surface area (Å²) in [5, 5.41) is 13.5. The molecule has 2 atom stereocenters. The summed E-state index contributed by atoms with van der Waals surface area (Å²) in [5.74, 6) is 0.508. The third kappa shape index (κ3) is 7.31. The molecule has 9 nitrogen and oxygen atoms in total. The van der Waals surface area contributed by atoms with Crippen LogP contribution in [0.5, 0.6) is 0 Å². The summed E-state index contributed by atoms with van der Waals surface area (Å²) in [4.78, 5) is 41.8. The van der Waals surface area contributed by atoms with Gasteiger partial charge in [0.2, 0.25) is 11.8 Å². The number of carbonyl (C=O) groups excluding carboxylic acids is 3. The number of hydrogen-bond acceptors (Lipinski definition) is 5. The molecule has 1 saturated heterocycles. The van der Waals surface area contributed by atoms with Crippen molar-refractivity contribution in [3.63, 3.8) is 0 Å². The molecule has 4 rings (SSSR count). The first kappa shape index (κ1) is 28.9. The van der Waals surface area contributed by atoms with E-state index in [0.29, 0.717) is 36.9 Å². The lowest BCUT2D eigenvalue weighted by Gasteiger charge is -2.43. The molecule has 9 heteroatoms. The molecule has 0 spiro atoms. The largest absolute Gasteiger partial charge is 0.453 e. The summed E-state index contributed by atoms with van der Waals surface area (Å²) in [7, 11) is 1.34. The molecule has 0 unspecified atom stereocenters. The zero-order chi connectivity index (χ0) is 27.8. The summed E-state index contributed by atoms with van der Waals surface area (Å²) in [5.41, 5.74) is 7.06. The van der Waals surface area contributed by atoms with E-state index in [2.05, 4.69) is 10.6 Å². The van der Waals surface area contributed by atoms with Gasteiger partial charge in [-0.3, -0.25) is 15.0 Å². The van der Waals surface area contributed by atoms with Gasteiger partial charge in [0.15, 0.2) is 0 Å². The fourth-order valence-electron chi connectivity index (χ4n) is 7.07. The molecule has 1 heterocycles. The van der Waals surface area contributed by atoms with Crippen LogP contribution in [0.1, 0.15) is 88.2 Å². The number of ether oxygens (including phenoxy) is 1. The van der Waals surface area contributed by atoms with Crippen molar-refractivity contribution in [1.82, 2.24) is 15.5 Å². The Hall–Kier alpha value is -3.10. The van der Waals surface area contributed by atoms with Crippen LogP contribution in [0.3, 0.4) is 0 Å². The zero-order valence-corrected chi connectivity index (χ0v) is 23.3. The third-order valence-electron chi connectivity index (χ3n) is 9.07. The van der Waals surface area contributed by atoms with Gasteiger partial charge in [0.1, 0.15) is 17.9 Å². The van der Waals surface area contributed by atoms with Crippen molar-refractivity contribution >= 4 is 23.7 Å². The highest BCUT2D eigenvalue weighted by atomic mass is 16.5. The van der Waals surface area contributed by atoms with Gasteiger partial charge in [-0.25, -0.2) is 4.79 Å². The maximum Gasteiger partial charge on any atom is 0.407 e. The van der Waals surface area contributed by atoms with Crippen LogP contribution in [0.25, 0.3) is 0 Å². The Kier molecular flexibility index (Phi) is 10.2. The predicted octanol–water partition coefficient (Wildman–Crippen LogP) is 4.08. The van der Waals surface area contributed by atoms with E-state index in [1.165, 1.54) is 20.0 Å². The van der Waals surface area contributed by atoms with Crippen molar-refractivity contribution in [3.05, 3.63) is 35.4 Å². The molecule has 39 heavy (non-hydrogen) atoms. The molecule has 0 bridgehead atoms. The number of rotatable bonds is 9. The normalized spacial score (nSPS) is 21.4. The number of carbonyl (C=O) groups is 3. The fourth-order valence-corrected chi connectivity index (χ4v) is 7.07. The summed E-state index contributed by atoms with van der Waals surface area (Å²) in [6.45, 7) is 0.831. The highest BCUT2D eigenvalue weighted by Crippen LogP contribution is 2.42. The fraction of sp³-hybridized carbons (Fsp3) is 0.667. The van der Waals surface area contributed by atoms with Gasteiger partial charge in [-0.1, -0.05) is 88.5 Å². The van der Waals surface area contributed by atoms with E-state index < -0.39 is 18.2 Å². The van der Waals surface area contributed by atoms with Crippen molar-refractivity contribution in [2.45, 2.75) is 95.7 Å². The quantitative estimate of drug-likeness (QED) is 0.277. The predicted molar refractivity (Wildman–Crippen MR) is 150 cm³/mol. The van der Waals surface area contributed by atoms with Crippen LogP contribution in [0.4, 0.5) is 4.79 Å². The second-order valence-corrected chi connectivity index (χ2v) is 11.5. The van der Waals surface area contributed by atoms with Crippen molar-refractivity contribution in [2.24, 2.45) is 23.5 Å². The van der Waals surface area contributed by atoms with Crippen molar-refractivity contribution in [2.75, 3.05) is 13.7 Å². The van der Waals surface area contributed by atoms with Gasteiger partial charge in [-0.15, -0.1) is 0 Å². The molecule has 1 aromatic carbocycles. The van der Waals surface area contributed by atoms with E-state index in [1.54, 1.807) is 17.0 Å². The number of benzene rings is 1. The van der Waals surface area contributed by atoms with Crippen LogP contribution >= 0.6 is 0 Å². The lowest BCUT2D eigenvalue weighted by atomic mass is 9.66. The summed E-state index contributed by atoms with van der Waals surface area (Å²) in [6.07, 6.45) is 12.2. The van der Waals surface area contributed by atoms with Crippen LogP contribution < -0.4 is 16.4 Å². The zero-order valence-electron chi connectivity index (χ0n) is 23.3. The molecule has 0 aromatic heterocycles. The number of methoxy groups -OCH3 is 1. The van der Waals surface area contributed by atoms with E-state index in [4.69, 9.17) is 15.9 Å². The monoisotopic (exact) mass is 539 g/mol. The van der Waals surface area contributed by atoms with E-state index in [-0.39, 0.29) is 23.6 Å². The molecule has 3 fully saturated rings. The minimum absolute atomic E-state index is 0.000529. The van der Waals surface area contributed by atoms with Crippen molar-refractivity contribution in [1.29, 1.82) is 5.41 Å². The lowest BCUT2D eigenvalue weighted by Crippen LogP contribution is -2.58. The first-order valence-corrected chi connectivity index (χ1v) is 14.7. The Labute approximate surface area is 232 Å². The van der Waals surface area contributed by atoms with Crippen molar-refractivity contribution in [3.8, 4) is 0 Å². The minimum Gasteiger partial charge on any atom is -0.453 e. The third-order valence-corrected chi connectivity index (χ3v) is 9.07. The van der Waals surface area contributed by atoms with Crippen LogP contribution in [0, 0.1) is 23.2 Å². The van der Waals surface area contributed by atoms with Gasteiger partial charge in [0, 0.05) is 18.7 Å². The van der Waals surface area contributed by atoms with Crippen LogP contribution in [-0.4, -0.2) is 54.4 Å². The SMILES string of the molecule is COC(=O)N[C@@H](C(=O)N1CCC[C@H]1C(=O)NCc1ccc(C(=N)N)cc1)C(C1CCCCC1)C1CCCCC1. The number of nitrogens with zero attached hydrogens (tertiary/aromatic N) is 1. The molecular formula is C30H45N5O4. The Morgan fingerprint density at radius 3 is 2.08 bits per heavy atom. The molecule has 1 aromatic rings. The molecule has 5 N–H and O–H groups in total. The van der Waals surface area contributed by atoms with Crippen LogP contribution in [0.2, 0.25) is 0 Å². The second kappa shape index (κ2) is 13.8. The smallest absolute Gasteiger partial charge is 0.407 e. The van der Waals surface area contributed by atoms with Gasteiger partial charge in [-0.2, -0.15) is 0 Å². The summed E-state index contributed by atoms with van der Waals surface area (Å²) in [6, 6.07) is 5.95. The molecule has 1 aliphatic heterocycles. The number of amides is 3. The Balaban J connectivity index is 1.51. The van der Waals surface area contributed by atoms with Gasteiger partial charge in [0.05, 0.1) is 7.11 Å². The molecule has 0 radical (unpaired) electrons. The van der Waals surface area contributed by atoms with E-state index >= 15 is 0 Å².